The van der Waals surface area contributed by atoms with Gasteiger partial charge in [0.15, 0.2) is 0 Å². The van der Waals surface area contributed by atoms with E-state index in [-0.39, 0.29) is 0 Å². The van der Waals surface area contributed by atoms with Crippen molar-refractivity contribution < 1.29 is 9.90 Å². The van der Waals surface area contributed by atoms with Gasteiger partial charge in [-0.25, -0.2) is 0 Å². The fourth-order valence-electron chi connectivity index (χ4n) is 3.82. The van der Waals surface area contributed by atoms with Crippen molar-refractivity contribution >= 4 is 5.91 Å². The van der Waals surface area contributed by atoms with Crippen molar-refractivity contribution in [3.63, 3.8) is 0 Å². The predicted molar refractivity (Wildman–Crippen MR) is 86.6 cm³/mol. The molecule has 3 rings (SSSR count). The Morgan fingerprint density at radius 2 is 1.86 bits per heavy atom. The van der Waals surface area contributed by atoms with Crippen LogP contribution in [0, 0.1) is 11.8 Å². The number of hydrogen-bond acceptors (Lipinski definition) is 4. The summed E-state index contributed by atoms with van der Waals surface area (Å²) in [6.45, 7) is 6.53. The van der Waals surface area contributed by atoms with Gasteiger partial charge in [0, 0.05) is 51.3 Å². The van der Waals surface area contributed by atoms with Crippen LogP contribution in [0.15, 0.2) is 0 Å². The highest BCUT2D eigenvalue weighted by atomic mass is 16.3. The van der Waals surface area contributed by atoms with E-state index in [1.807, 2.05) is 0 Å². The van der Waals surface area contributed by atoms with Crippen LogP contribution in [-0.2, 0) is 4.79 Å². The number of amides is 1. The lowest BCUT2D eigenvalue weighted by molar-refractivity contribution is -0.133. The van der Waals surface area contributed by atoms with Crippen LogP contribution in [0.25, 0.3) is 0 Å². The zero-order chi connectivity index (χ0) is 15.4. The monoisotopic (exact) mass is 309 g/mol. The largest absolute Gasteiger partial charge is 0.396 e. The van der Waals surface area contributed by atoms with Gasteiger partial charge in [0.05, 0.1) is 0 Å². The SMILES string of the molecule is O=C(C1CC1)N1CCC(NCCN2CCCC(CO)C2)CC1. The minimum atomic E-state index is 0.331. The molecule has 126 valence electrons. The van der Waals surface area contributed by atoms with Crippen LogP contribution in [-0.4, -0.2) is 72.7 Å². The number of nitrogens with one attached hydrogen (secondary N) is 1. The van der Waals surface area contributed by atoms with Gasteiger partial charge in [-0.05, 0) is 51.0 Å². The minimum Gasteiger partial charge on any atom is -0.396 e. The van der Waals surface area contributed by atoms with Crippen LogP contribution in [0.4, 0.5) is 0 Å². The van der Waals surface area contributed by atoms with E-state index in [0.717, 1.165) is 58.4 Å². The summed E-state index contributed by atoms with van der Waals surface area (Å²) in [6.07, 6.45) is 6.81. The van der Waals surface area contributed by atoms with Crippen molar-refractivity contribution in [2.24, 2.45) is 11.8 Å². The second kappa shape index (κ2) is 7.75. The molecule has 0 radical (unpaired) electrons. The highest BCUT2D eigenvalue weighted by molar-refractivity contribution is 5.81. The fraction of sp³-hybridized carbons (Fsp3) is 0.941. The maximum absolute atomic E-state index is 12.0. The van der Waals surface area contributed by atoms with Gasteiger partial charge >= 0.3 is 0 Å². The zero-order valence-corrected chi connectivity index (χ0v) is 13.7. The molecule has 5 nitrogen and oxygen atoms in total. The van der Waals surface area contributed by atoms with Crippen LogP contribution in [0.3, 0.4) is 0 Å². The molecule has 1 unspecified atom stereocenters. The molecule has 0 aromatic carbocycles. The number of likely N-dealkylation sites (tertiary alicyclic amines) is 2. The van der Waals surface area contributed by atoms with Crippen LogP contribution in [0.1, 0.15) is 38.5 Å². The molecule has 3 fully saturated rings. The topological polar surface area (TPSA) is 55.8 Å². The summed E-state index contributed by atoms with van der Waals surface area (Å²) in [4.78, 5) is 16.6. The molecule has 3 aliphatic rings. The Labute approximate surface area is 134 Å². The van der Waals surface area contributed by atoms with Gasteiger partial charge in [-0.3, -0.25) is 4.79 Å². The fourth-order valence-corrected chi connectivity index (χ4v) is 3.82. The molecule has 22 heavy (non-hydrogen) atoms. The quantitative estimate of drug-likeness (QED) is 0.758. The van der Waals surface area contributed by atoms with Crippen LogP contribution in [0.2, 0.25) is 0 Å². The number of nitrogens with zero attached hydrogens (tertiary/aromatic N) is 2. The van der Waals surface area contributed by atoms with E-state index in [9.17, 15) is 9.90 Å². The van der Waals surface area contributed by atoms with Gasteiger partial charge in [-0.15, -0.1) is 0 Å². The van der Waals surface area contributed by atoms with Crippen molar-refractivity contribution in [3.05, 3.63) is 0 Å². The Morgan fingerprint density at radius 1 is 1.09 bits per heavy atom. The Kier molecular flexibility index (Phi) is 5.71. The molecular formula is C17H31N3O2. The van der Waals surface area contributed by atoms with Crippen LogP contribution in [0.5, 0.6) is 0 Å². The Hall–Kier alpha value is -0.650. The summed E-state index contributed by atoms with van der Waals surface area (Å²) in [7, 11) is 0. The summed E-state index contributed by atoms with van der Waals surface area (Å²) in [6, 6.07) is 0.571. The minimum absolute atomic E-state index is 0.331. The van der Waals surface area contributed by atoms with Crippen molar-refractivity contribution in [1.82, 2.24) is 15.1 Å². The van der Waals surface area contributed by atoms with Gasteiger partial charge in [-0.2, -0.15) is 0 Å². The first-order valence-electron chi connectivity index (χ1n) is 9.11. The normalized spacial score (nSPS) is 28.0. The van der Waals surface area contributed by atoms with Crippen molar-refractivity contribution in [1.29, 1.82) is 0 Å². The van der Waals surface area contributed by atoms with Gasteiger partial charge in [0.25, 0.3) is 0 Å². The molecule has 0 bridgehead atoms. The molecule has 2 saturated heterocycles. The number of piperidine rings is 2. The lowest BCUT2D eigenvalue weighted by Crippen LogP contribution is -2.47. The number of aliphatic hydroxyl groups excluding tert-OH is 1. The van der Waals surface area contributed by atoms with Crippen molar-refractivity contribution in [3.8, 4) is 0 Å². The maximum Gasteiger partial charge on any atom is 0.225 e. The maximum atomic E-state index is 12.0. The van der Waals surface area contributed by atoms with E-state index in [1.54, 1.807) is 0 Å². The van der Waals surface area contributed by atoms with E-state index in [2.05, 4.69) is 15.1 Å². The lowest BCUT2D eigenvalue weighted by Gasteiger charge is -2.34. The molecule has 1 aliphatic carbocycles. The Morgan fingerprint density at radius 3 is 2.55 bits per heavy atom. The standard InChI is InChI=1S/C17H31N3O2/c21-13-14-2-1-8-19(12-14)11-7-18-16-5-9-20(10-6-16)17(22)15-3-4-15/h14-16,18,21H,1-13H2. The molecule has 1 amide bonds. The molecule has 0 spiro atoms. The average molecular weight is 309 g/mol. The molecule has 2 N–H and O–H groups in total. The summed E-state index contributed by atoms with van der Waals surface area (Å²) >= 11 is 0. The van der Waals surface area contributed by atoms with Gasteiger partial charge < -0.3 is 20.2 Å². The van der Waals surface area contributed by atoms with Gasteiger partial charge in [0.1, 0.15) is 0 Å². The van der Waals surface area contributed by atoms with Crippen LogP contribution < -0.4 is 5.32 Å². The number of hydrogen-bond donors (Lipinski definition) is 2. The number of carbonyl (C=O) groups excluding carboxylic acids is 1. The number of aliphatic hydroxyl groups is 1. The predicted octanol–water partition coefficient (Wildman–Crippen LogP) is 0.681. The molecular weight excluding hydrogens is 278 g/mol. The average Bonchev–Trinajstić information content (AvgIpc) is 3.40. The molecule has 0 aromatic heterocycles. The van der Waals surface area contributed by atoms with E-state index in [0.29, 0.717) is 30.4 Å². The van der Waals surface area contributed by atoms with Gasteiger partial charge in [0.2, 0.25) is 5.91 Å². The smallest absolute Gasteiger partial charge is 0.225 e. The van der Waals surface area contributed by atoms with Crippen molar-refractivity contribution in [2.45, 2.75) is 44.6 Å². The molecule has 0 aromatic rings. The van der Waals surface area contributed by atoms with Crippen LogP contribution >= 0.6 is 0 Å². The Bertz CT molecular complexity index is 365. The summed E-state index contributed by atoms with van der Waals surface area (Å²) in [5.41, 5.74) is 0. The lowest BCUT2D eigenvalue weighted by atomic mass is 9.99. The first-order chi connectivity index (χ1) is 10.8. The third-order valence-electron chi connectivity index (χ3n) is 5.46. The second-order valence-electron chi connectivity index (χ2n) is 7.32. The number of carbonyl (C=O) groups is 1. The molecule has 5 heteroatoms. The van der Waals surface area contributed by atoms with Crippen molar-refractivity contribution in [2.75, 3.05) is 45.9 Å². The summed E-state index contributed by atoms with van der Waals surface area (Å²) in [5.74, 6) is 1.25. The van der Waals surface area contributed by atoms with Gasteiger partial charge in [-0.1, -0.05) is 0 Å². The summed E-state index contributed by atoms with van der Waals surface area (Å²) in [5, 5.41) is 12.9. The van der Waals surface area contributed by atoms with E-state index in [1.165, 1.54) is 19.4 Å². The number of rotatable bonds is 6. The molecule has 1 atom stereocenters. The highest BCUT2D eigenvalue weighted by Gasteiger charge is 2.34. The third-order valence-corrected chi connectivity index (χ3v) is 5.46. The van der Waals surface area contributed by atoms with E-state index in [4.69, 9.17) is 0 Å². The molecule has 2 aliphatic heterocycles. The zero-order valence-electron chi connectivity index (χ0n) is 13.7. The first kappa shape index (κ1) is 16.2. The highest BCUT2D eigenvalue weighted by Crippen LogP contribution is 2.31. The first-order valence-corrected chi connectivity index (χ1v) is 9.11. The van der Waals surface area contributed by atoms with E-state index >= 15 is 0 Å². The van der Waals surface area contributed by atoms with E-state index < -0.39 is 0 Å². The summed E-state index contributed by atoms with van der Waals surface area (Å²) < 4.78 is 0. The second-order valence-corrected chi connectivity index (χ2v) is 7.32. The molecule has 2 heterocycles. The third kappa shape index (κ3) is 4.43. The molecule has 1 saturated carbocycles. The Balaban J connectivity index is 1.29.